The topological polar surface area (TPSA) is 61.8 Å². The molecule has 216 valence electrons. The van der Waals surface area contributed by atoms with Crippen LogP contribution in [0.25, 0.3) is 34.4 Å². The second-order valence-electron chi connectivity index (χ2n) is 10.4. The van der Waals surface area contributed by atoms with Crippen molar-refractivity contribution in [1.82, 2.24) is 0 Å². The van der Waals surface area contributed by atoms with Crippen molar-refractivity contribution in [1.29, 1.82) is 0 Å². The van der Waals surface area contributed by atoms with Gasteiger partial charge in [0.25, 0.3) is 0 Å². The third-order valence-electron chi connectivity index (χ3n) is 6.28. The summed E-state index contributed by atoms with van der Waals surface area (Å²) in [4.78, 5) is 23.6. The fourth-order valence-corrected chi connectivity index (χ4v) is 3.95. The second kappa shape index (κ2) is 14.0. The monoisotopic (exact) mass is 570 g/mol. The molecule has 0 aliphatic carbocycles. The third-order valence-corrected chi connectivity index (χ3v) is 6.28. The molecule has 0 bridgehead atoms. The molecule has 43 heavy (non-hydrogen) atoms. The van der Waals surface area contributed by atoms with E-state index in [4.69, 9.17) is 14.2 Å². The van der Waals surface area contributed by atoms with E-state index in [1.807, 2.05) is 68.5 Å². The minimum Gasteiger partial charge on any atom is -0.464 e. The van der Waals surface area contributed by atoms with Gasteiger partial charge in [0.15, 0.2) is 0 Å². The Hall–Kier alpha value is -5.42. The maximum atomic E-state index is 11.8. The summed E-state index contributed by atoms with van der Waals surface area (Å²) >= 11 is 0. The van der Waals surface area contributed by atoms with Crippen molar-refractivity contribution in [2.75, 3.05) is 0 Å². The lowest BCUT2D eigenvalue weighted by Gasteiger charge is -2.12. The first-order valence-corrected chi connectivity index (χ1v) is 13.8. The van der Waals surface area contributed by atoms with Gasteiger partial charge >= 0.3 is 11.9 Å². The maximum Gasteiger partial charge on any atom is 0.338 e. The first-order chi connectivity index (χ1) is 20.6. The molecule has 0 spiro atoms. The van der Waals surface area contributed by atoms with Crippen LogP contribution in [0.3, 0.4) is 0 Å². The minimum atomic E-state index is -0.455. The summed E-state index contributed by atoms with van der Waals surface area (Å²) in [7, 11) is 0. The largest absolute Gasteiger partial charge is 0.464 e. The number of carbonyl (C=O) groups excluding carboxylic acids is 2. The van der Waals surface area contributed by atoms with Crippen LogP contribution in [0.5, 0.6) is 17.2 Å². The van der Waals surface area contributed by atoms with Crippen LogP contribution >= 0.6 is 0 Å². The Morgan fingerprint density at radius 3 is 1.51 bits per heavy atom. The lowest BCUT2D eigenvalue weighted by Crippen LogP contribution is -2.07. The van der Waals surface area contributed by atoms with Gasteiger partial charge in [0.1, 0.15) is 17.2 Å². The van der Waals surface area contributed by atoms with Crippen molar-refractivity contribution in [2.24, 2.45) is 0 Å². The molecule has 0 aromatic heterocycles. The molecule has 0 saturated carbocycles. The van der Waals surface area contributed by atoms with E-state index in [0.717, 1.165) is 39.0 Å². The predicted molar refractivity (Wildman–Crippen MR) is 174 cm³/mol. The summed E-state index contributed by atoms with van der Waals surface area (Å²) in [5, 5.41) is 0. The van der Waals surface area contributed by atoms with Crippen LogP contribution in [0.2, 0.25) is 0 Å². The number of benzene rings is 4. The van der Waals surface area contributed by atoms with Gasteiger partial charge in [-0.2, -0.15) is 0 Å². The molecule has 4 aromatic rings. The molecule has 4 rings (SSSR count). The molecule has 0 unspecified atom stereocenters. The van der Waals surface area contributed by atoms with E-state index in [0.29, 0.717) is 28.4 Å². The van der Waals surface area contributed by atoms with E-state index in [1.165, 1.54) is 0 Å². The van der Waals surface area contributed by atoms with Crippen molar-refractivity contribution in [3.8, 4) is 39.5 Å². The molecular weight excluding hydrogens is 536 g/mol. The summed E-state index contributed by atoms with van der Waals surface area (Å²) in [5.41, 5.74) is 7.69. The predicted octanol–water partition coefficient (Wildman–Crippen LogP) is 9.46. The maximum absolute atomic E-state index is 11.8. The average Bonchev–Trinajstić information content (AvgIpc) is 3.00. The zero-order chi connectivity index (χ0) is 30.9. The number of hydrogen-bond acceptors (Lipinski definition) is 5. The van der Waals surface area contributed by atoms with Crippen LogP contribution in [0.1, 0.15) is 38.8 Å². The highest BCUT2D eigenvalue weighted by molar-refractivity contribution is 5.89. The molecule has 0 N–H and O–H groups in total. The summed E-state index contributed by atoms with van der Waals surface area (Å²) in [6.45, 7) is 14.4. The third kappa shape index (κ3) is 8.54. The van der Waals surface area contributed by atoms with Crippen molar-refractivity contribution in [3.05, 3.63) is 138 Å². The van der Waals surface area contributed by atoms with Gasteiger partial charge in [-0.25, -0.2) is 9.59 Å². The number of allylic oxidation sites excluding steroid dienone is 1. The van der Waals surface area contributed by atoms with Crippen LogP contribution < -0.4 is 14.2 Å². The highest BCUT2D eigenvalue weighted by Crippen LogP contribution is 2.33. The molecular formula is C38H34O5. The first kappa shape index (κ1) is 30.5. The fraction of sp³-hybridized carbons (Fsp3) is 0.105. The Bertz CT molecular complexity index is 1700. The Kier molecular flexibility index (Phi) is 9.92. The standard InChI is InChI=1S/C38H34O5/c1-25(2)24-41-36-23-29(11-22-35(36)32-16-20-34(21-17-32)43-38(40)27(5)6)8-7-28-9-12-30(13-10-28)31-14-18-33(19-15-31)42-37(39)26(3)4/h7-24H,3,5H2,1-2,4,6H3/b8-7+. The normalized spacial score (nSPS) is 10.6. The zero-order valence-electron chi connectivity index (χ0n) is 24.8. The fourth-order valence-electron chi connectivity index (χ4n) is 3.95. The van der Waals surface area contributed by atoms with E-state index < -0.39 is 11.9 Å². The van der Waals surface area contributed by atoms with Gasteiger partial charge < -0.3 is 14.2 Å². The van der Waals surface area contributed by atoms with E-state index >= 15 is 0 Å². The van der Waals surface area contributed by atoms with E-state index in [9.17, 15) is 9.59 Å². The van der Waals surface area contributed by atoms with Crippen LogP contribution in [0.15, 0.2) is 127 Å². The Balaban J connectivity index is 1.50. The summed E-state index contributed by atoms with van der Waals surface area (Å²) in [6.07, 6.45) is 5.82. The van der Waals surface area contributed by atoms with Crippen molar-refractivity contribution < 1.29 is 23.8 Å². The van der Waals surface area contributed by atoms with Crippen LogP contribution in [-0.4, -0.2) is 11.9 Å². The molecule has 0 aliphatic rings. The van der Waals surface area contributed by atoms with E-state index in [2.05, 4.69) is 37.4 Å². The van der Waals surface area contributed by atoms with Crippen molar-refractivity contribution in [3.63, 3.8) is 0 Å². The summed E-state index contributed by atoms with van der Waals surface area (Å²) in [5.74, 6) is 0.754. The molecule has 0 saturated heterocycles. The van der Waals surface area contributed by atoms with Gasteiger partial charge in [-0.1, -0.05) is 86.0 Å². The summed E-state index contributed by atoms with van der Waals surface area (Å²) < 4.78 is 16.6. The van der Waals surface area contributed by atoms with E-state index in [-0.39, 0.29) is 0 Å². The Morgan fingerprint density at radius 1 is 0.581 bits per heavy atom. The number of rotatable bonds is 10. The summed E-state index contributed by atoms with van der Waals surface area (Å²) in [6, 6.07) is 28.9. The highest BCUT2D eigenvalue weighted by Gasteiger charge is 2.10. The molecule has 0 aliphatic heterocycles. The quantitative estimate of drug-likeness (QED) is 0.0625. The molecule has 0 atom stereocenters. The number of hydrogen-bond donors (Lipinski definition) is 0. The highest BCUT2D eigenvalue weighted by atomic mass is 16.5. The van der Waals surface area contributed by atoms with Crippen LogP contribution in [0, 0.1) is 0 Å². The van der Waals surface area contributed by atoms with Gasteiger partial charge in [0, 0.05) is 16.7 Å². The number of carbonyl (C=O) groups is 2. The molecule has 4 aromatic carbocycles. The molecule has 0 radical (unpaired) electrons. The van der Waals surface area contributed by atoms with Gasteiger partial charge in [-0.3, -0.25) is 0 Å². The van der Waals surface area contributed by atoms with Gasteiger partial charge in [-0.15, -0.1) is 0 Å². The molecule has 0 amide bonds. The lowest BCUT2D eigenvalue weighted by molar-refractivity contribution is -0.130. The second-order valence-corrected chi connectivity index (χ2v) is 10.4. The molecule has 0 fully saturated rings. The van der Waals surface area contributed by atoms with Gasteiger partial charge in [-0.05, 0) is 91.4 Å². The average molecular weight is 571 g/mol. The molecule has 5 heteroatoms. The molecule has 5 nitrogen and oxygen atoms in total. The van der Waals surface area contributed by atoms with Crippen molar-refractivity contribution in [2.45, 2.75) is 27.7 Å². The van der Waals surface area contributed by atoms with Gasteiger partial charge in [0.2, 0.25) is 0 Å². The Morgan fingerprint density at radius 2 is 1.02 bits per heavy atom. The van der Waals surface area contributed by atoms with Gasteiger partial charge in [0.05, 0.1) is 6.26 Å². The van der Waals surface area contributed by atoms with Crippen LogP contribution in [-0.2, 0) is 9.59 Å². The van der Waals surface area contributed by atoms with Crippen molar-refractivity contribution >= 4 is 24.1 Å². The number of esters is 2. The first-order valence-electron chi connectivity index (χ1n) is 13.8. The smallest absolute Gasteiger partial charge is 0.338 e. The SMILES string of the molecule is C=C(C)C(=O)Oc1ccc(-c2ccc(/C=C/c3ccc(-c4ccc(OC(=O)C(=C)C)cc4)c(OC=C(C)C)c3)cc2)cc1. The minimum absolute atomic E-state index is 0.344. The van der Waals surface area contributed by atoms with E-state index in [1.54, 1.807) is 44.4 Å². The lowest BCUT2D eigenvalue weighted by atomic mass is 10.0. The zero-order valence-corrected chi connectivity index (χ0v) is 24.8. The molecule has 0 heterocycles. The Labute approximate surface area is 253 Å². The number of ether oxygens (including phenoxy) is 3. The van der Waals surface area contributed by atoms with Crippen LogP contribution in [0.4, 0.5) is 0 Å².